The van der Waals surface area contributed by atoms with Crippen LogP contribution in [0.25, 0.3) is 6.08 Å². The molecule has 2 atom stereocenters. The lowest BCUT2D eigenvalue weighted by molar-refractivity contribution is 0.0947. The predicted octanol–water partition coefficient (Wildman–Crippen LogP) is 6.06. The Hall–Kier alpha value is -2.07. The van der Waals surface area contributed by atoms with Crippen LogP contribution < -0.4 is 0 Å². The first-order valence-electron chi connectivity index (χ1n) is 9.89. The van der Waals surface area contributed by atoms with E-state index in [4.69, 9.17) is 0 Å². The van der Waals surface area contributed by atoms with Crippen molar-refractivity contribution in [3.63, 3.8) is 0 Å². The molecular weight excluding hydrogens is 359 g/mol. The molecule has 2 aromatic rings. The number of rotatable bonds is 4. The van der Waals surface area contributed by atoms with Gasteiger partial charge in [0.2, 0.25) is 0 Å². The van der Waals surface area contributed by atoms with Crippen LogP contribution in [0.1, 0.15) is 59.2 Å². The number of nitrogens with zero attached hydrogens (tertiary/aromatic N) is 1. The van der Waals surface area contributed by atoms with Crippen molar-refractivity contribution in [2.24, 2.45) is 0 Å². The number of fused-ring (bicyclic) bond motifs is 1. The fraction of sp³-hybridized carbons (Fsp3) is 0.417. The normalized spacial score (nSPS) is 23.4. The van der Waals surface area contributed by atoms with Gasteiger partial charge in [-0.15, -0.1) is 0 Å². The van der Waals surface area contributed by atoms with Gasteiger partial charge >= 0.3 is 0 Å². The molecule has 1 nitrogen and oxygen atoms in total. The van der Waals surface area contributed by atoms with Gasteiger partial charge in [-0.3, -0.25) is 4.90 Å². The Labute approximate surface area is 164 Å². The third-order valence-electron chi connectivity index (χ3n) is 6.26. The number of hydrogen-bond acceptors (Lipinski definition) is 1. The summed E-state index contributed by atoms with van der Waals surface area (Å²) < 4.78 is 44.8. The lowest BCUT2D eigenvalue weighted by atomic mass is 9.80. The Morgan fingerprint density at radius 2 is 1.82 bits per heavy atom. The Morgan fingerprint density at radius 3 is 2.39 bits per heavy atom. The molecule has 0 amide bonds. The summed E-state index contributed by atoms with van der Waals surface area (Å²) in [6, 6.07) is 5.94. The number of halogens is 3. The molecule has 0 bridgehead atoms. The van der Waals surface area contributed by atoms with Crippen molar-refractivity contribution in [2.45, 2.75) is 57.8 Å². The van der Waals surface area contributed by atoms with Gasteiger partial charge in [-0.25, -0.2) is 13.2 Å². The molecule has 0 unspecified atom stereocenters. The number of benzene rings is 2. The molecule has 148 valence electrons. The van der Waals surface area contributed by atoms with Crippen molar-refractivity contribution >= 4 is 6.08 Å². The molecule has 1 aliphatic carbocycles. The minimum atomic E-state index is -1.24. The van der Waals surface area contributed by atoms with Gasteiger partial charge in [0.25, 0.3) is 0 Å². The molecule has 1 heterocycles. The number of alkyl halides is 1. The summed E-state index contributed by atoms with van der Waals surface area (Å²) in [7, 11) is 0. The van der Waals surface area contributed by atoms with Gasteiger partial charge in [-0.05, 0) is 80.0 Å². The highest BCUT2D eigenvalue weighted by Gasteiger charge is 2.48. The van der Waals surface area contributed by atoms with Gasteiger partial charge in [-0.2, -0.15) is 0 Å². The van der Waals surface area contributed by atoms with E-state index in [0.29, 0.717) is 24.8 Å². The molecule has 0 spiro atoms. The molecular formula is C24H26F3N. The zero-order chi connectivity index (χ0) is 20.2. The molecule has 28 heavy (non-hydrogen) atoms. The number of hydrogen-bond donors (Lipinski definition) is 0. The van der Waals surface area contributed by atoms with Gasteiger partial charge in [0, 0.05) is 18.2 Å². The van der Waals surface area contributed by atoms with Crippen LogP contribution in [0, 0.1) is 25.5 Å². The summed E-state index contributed by atoms with van der Waals surface area (Å²) in [4.78, 5) is 1.95. The smallest absolute Gasteiger partial charge is 0.131 e. The maximum absolute atomic E-state index is 15.0. The average molecular weight is 385 g/mol. The topological polar surface area (TPSA) is 3.24 Å². The fourth-order valence-electron chi connectivity index (χ4n) is 4.57. The van der Waals surface area contributed by atoms with E-state index in [-0.39, 0.29) is 18.2 Å². The molecule has 2 aliphatic rings. The summed E-state index contributed by atoms with van der Waals surface area (Å²) in [5.41, 5.74) is 3.32. The highest BCUT2D eigenvalue weighted by Crippen LogP contribution is 2.47. The van der Waals surface area contributed by atoms with E-state index in [1.807, 2.05) is 37.0 Å². The molecule has 4 rings (SSSR count). The first-order chi connectivity index (χ1) is 13.2. The van der Waals surface area contributed by atoms with E-state index < -0.39 is 23.3 Å². The molecule has 0 saturated heterocycles. The van der Waals surface area contributed by atoms with Crippen molar-refractivity contribution in [2.75, 3.05) is 6.54 Å². The van der Waals surface area contributed by atoms with E-state index in [9.17, 15) is 4.39 Å². The summed E-state index contributed by atoms with van der Waals surface area (Å²) in [5.74, 6) is -1.14. The summed E-state index contributed by atoms with van der Waals surface area (Å²) in [5, 5.41) is 0. The lowest BCUT2D eigenvalue weighted by Gasteiger charge is -2.44. The van der Waals surface area contributed by atoms with Crippen LogP contribution in [-0.4, -0.2) is 23.2 Å². The van der Waals surface area contributed by atoms with Crippen molar-refractivity contribution in [3.8, 4) is 0 Å². The molecule has 1 aliphatic heterocycles. The lowest BCUT2D eigenvalue weighted by Crippen LogP contribution is -2.47. The predicted molar refractivity (Wildman–Crippen MR) is 107 cm³/mol. The second-order valence-corrected chi connectivity index (χ2v) is 8.49. The molecule has 2 aromatic carbocycles. The van der Waals surface area contributed by atoms with E-state index in [0.717, 1.165) is 22.3 Å². The van der Waals surface area contributed by atoms with Crippen LogP contribution in [0.2, 0.25) is 0 Å². The van der Waals surface area contributed by atoms with Crippen LogP contribution in [0.3, 0.4) is 0 Å². The minimum absolute atomic E-state index is 0.0153. The van der Waals surface area contributed by atoms with Gasteiger partial charge in [0.15, 0.2) is 0 Å². The molecule has 1 fully saturated rings. The largest absolute Gasteiger partial charge is 0.286 e. The highest BCUT2D eigenvalue weighted by atomic mass is 19.1. The second-order valence-electron chi connectivity index (χ2n) is 8.49. The third-order valence-corrected chi connectivity index (χ3v) is 6.26. The van der Waals surface area contributed by atoms with E-state index >= 15 is 8.78 Å². The molecule has 0 aromatic heterocycles. The molecule has 0 radical (unpaired) electrons. The summed E-state index contributed by atoms with van der Waals surface area (Å²) in [6.07, 6.45) is 3.55. The van der Waals surface area contributed by atoms with Crippen molar-refractivity contribution in [1.82, 2.24) is 4.90 Å². The van der Waals surface area contributed by atoms with Gasteiger partial charge in [0.1, 0.15) is 17.3 Å². The summed E-state index contributed by atoms with van der Waals surface area (Å²) >= 11 is 0. The maximum Gasteiger partial charge on any atom is 0.131 e. The van der Waals surface area contributed by atoms with Gasteiger partial charge in [0.05, 0.1) is 6.04 Å². The Bertz CT molecular complexity index is 922. The highest BCUT2D eigenvalue weighted by molar-refractivity contribution is 5.61. The second kappa shape index (κ2) is 6.77. The van der Waals surface area contributed by atoms with Crippen molar-refractivity contribution < 1.29 is 13.2 Å². The van der Waals surface area contributed by atoms with Crippen LogP contribution in [0.15, 0.2) is 30.8 Å². The van der Waals surface area contributed by atoms with Gasteiger partial charge < -0.3 is 0 Å². The van der Waals surface area contributed by atoms with E-state index in [1.165, 1.54) is 12.1 Å². The quantitative estimate of drug-likeness (QED) is 0.618. The zero-order valence-electron chi connectivity index (χ0n) is 16.7. The number of aryl methyl sites for hydroxylation is 2. The van der Waals surface area contributed by atoms with Crippen molar-refractivity contribution in [1.29, 1.82) is 0 Å². The van der Waals surface area contributed by atoms with E-state index in [1.54, 1.807) is 6.92 Å². The van der Waals surface area contributed by atoms with Crippen LogP contribution in [0.5, 0.6) is 0 Å². The van der Waals surface area contributed by atoms with Crippen LogP contribution >= 0.6 is 0 Å². The zero-order valence-corrected chi connectivity index (χ0v) is 16.7. The maximum atomic E-state index is 15.0. The van der Waals surface area contributed by atoms with E-state index in [2.05, 4.69) is 6.58 Å². The minimum Gasteiger partial charge on any atom is -0.286 e. The first-order valence-corrected chi connectivity index (χ1v) is 9.89. The Kier molecular flexibility index (Phi) is 4.65. The monoisotopic (exact) mass is 385 g/mol. The Morgan fingerprint density at radius 1 is 1.18 bits per heavy atom. The molecule has 1 saturated carbocycles. The first kappa shape index (κ1) is 19.3. The SMILES string of the molecule is C=Cc1c(C)ccc2c1C[C@@H](C)N(CC1(F)CC1)[C@@H]2c1c(F)cc(C)cc1F. The third kappa shape index (κ3) is 3.18. The molecule has 0 N–H and O–H groups in total. The average Bonchev–Trinajstić information content (AvgIpc) is 3.34. The standard InChI is InChI=1S/C24H26F3N/c1-5-17-15(3)6-7-18-19(17)12-16(4)28(13-24(27)8-9-24)23(18)22-20(25)10-14(2)11-21(22)26/h5-7,10-11,16,23H,1,8-9,12-13H2,2-4H3/t16-,23+/m1/s1. The summed E-state index contributed by atoms with van der Waals surface area (Å²) in [6.45, 7) is 9.83. The molecule has 4 heteroatoms. The van der Waals surface area contributed by atoms with Crippen LogP contribution in [0.4, 0.5) is 13.2 Å². The van der Waals surface area contributed by atoms with Crippen molar-refractivity contribution in [3.05, 3.63) is 75.9 Å². The van der Waals surface area contributed by atoms with Gasteiger partial charge in [-0.1, -0.05) is 24.8 Å². The van der Waals surface area contributed by atoms with Crippen LogP contribution in [-0.2, 0) is 6.42 Å². The fourth-order valence-corrected chi connectivity index (χ4v) is 4.57. The Balaban J connectivity index is 1.94.